The van der Waals surface area contributed by atoms with Gasteiger partial charge in [-0.1, -0.05) is 38.5 Å². The van der Waals surface area contributed by atoms with E-state index in [0.29, 0.717) is 78.7 Å². The summed E-state index contributed by atoms with van der Waals surface area (Å²) in [5.74, 6) is 0.301. The smallest absolute Gasteiger partial charge is 0.222 e. The van der Waals surface area contributed by atoms with Crippen LogP contribution >= 0.6 is 0 Å². The fourth-order valence-electron chi connectivity index (χ4n) is 5.36. The van der Waals surface area contributed by atoms with Crippen LogP contribution in [0.1, 0.15) is 89.4 Å². The molecule has 0 spiro atoms. The van der Waals surface area contributed by atoms with Crippen molar-refractivity contribution in [2.24, 2.45) is 0 Å². The van der Waals surface area contributed by atoms with E-state index in [-0.39, 0.29) is 11.8 Å². The number of ether oxygens (including phenoxy) is 3. The van der Waals surface area contributed by atoms with E-state index in [0.717, 1.165) is 68.7 Å². The van der Waals surface area contributed by atoms with Gasteiger partial charge in [0.15, 0.2) is 0 Å². The lowest BCUT2D eigenvalue weighted by molar-refractivity contribution is -0.133. The third-order valence-electron chi connectivity index (χ3n) is 7.74. The maximum absolute atomic E-state index is 13.4. The lowest BCUT2D eigenvalue weighted by Crippen LogP contribution is -2.35. The first-order valence-electron chi connectivity index (χ1n) is 15.6. The van der Waals surface area contributed by atoms with E-state index in [1.54, 1.807) is 0 Å². The quantitative estimate of drug-likeness (QED) is 0.536. The molecule has 0 saturated heterocycles. The van der Waals surface area contributed by atoms with Crippen LogP contribution in [-0.2, 0) is 36.9 Å². The number of carbonyl (C=O) groups is 2. The Balaban J connectivity index is 1.94. The van der Waals surface area contributed by atoms with Crippen molar-refractivity contribution in [1.82, 2.24) is 14.8 Å². The zero-order chi connectivity index (χ0) is 28.4. The van der Waals surface area contributed by atoms with Gasteiger partial charge in [0.1, 0.15) is 0 Å². The van der Waals surface area contributed by atoms with Crippen LogP contribution in [0.15, 0.2) is 12.1 Å². The van der Waals surface area contributed by atoms with Crippen molar-refractivity contribution in [2.45, 2.75) is 91.1 Å². The minimum Gasteiger partial charge on any atom is -0.377 e. The summed E-state index contributed by atoms with van der Waals surface area (Å²) in [7, 11) is 0. The van der Waals surface area contributed by atoms with E-state index in [1.807, 2.05) is 9.80 Å². The standard InChI is InChI=1S/C31H52N4O5/c1-3-33(4-2)29-23-27-25-34-15-17-38-19-21-40-22-20-39-18-16-35(26-28(24-29)32-27)31(37)14-12-10-8-6-5-7-9-11-13-30(34)36/h23-24H,3-22,25-26H2,1-2H3. The zero-order valence-electron chi connectivity index (χ0n) is 25.0. The van der Waals surface area contributed by atoms with Gasteiger partial charge in [0, 0.05) is 44.7 Å². The number of aromatic nitrogens is 1. The van der Waals surface area contributed by atoms with Crippen LogP contribution in [-0.4, -0.2) is 92.4 Å². The predicted molar refractivity (Wildman–Crippen MR) is 157 cm³/mol. The van der Waals surface area contributed by atoms with Gasteiger partial charge in [-0.3, -0.25) is 14.6 Å². The molecular weight excluding hydrogens is 508 g/mol. The molecule has 40 heavy (non-hydrogen) atoms. The maximum Gasteiger partial charge on any atom is 0.222 e. The summed E-state index contributed by atoms with van der Waals surface area (Å²) in [5.41, 5.74) is 2.77. The Hall–Kier alpha value is -2.23. The zero-order valence-corrected chi connectivity index (χ0v) is 25.0. The number of anilines is 1. The molecule has 9 nitrogen and oxygen atoms in total. The molecule has 0 N–H and O–H groups in total. The van der Waals surface area contributed by atoms with Crippen molar-refractivity contribution in [1.29, 1.82) is 0 Å². The molecule has 0 fully saturated rings. The third-order valence-corrected chi connectivity index (χ3v) is 7.74. The van der Waals surface area contributed by atoms with E-state index >= 15 is 0 Å². The third kappa shape index (κ3) is 11.7. The highest BCUT2D eigenvalue weighted by Crippen LogP contribution is 2.21. The highest BCUT2D eigenvalue weighted by molar-refractivity contribution is 5.76. The molecule has 0 saturated carbocycles. The fraction of sp³-hybridized carbons (Fsp3) is 0.774. The Labute approximate surface area is 241 Å². The highest BCUT2D eigenvalue weighted by Gasteiger charge is 2.19. The van der Waals surface area contributed by atoms with Crippen molar-refractivity contribution in [2.75, 3.05) is 70.7 Å². The van der Waals surface area contributed by atoms with Crippen LogP contribution in [0.5, 0.6) is 0 Å². The molecule has 2 aliphatic rings. The molecule has 3 rings (SSSR count). The van der Waals surface area contributed by atoms with Crippen molar-refractivity contribution in [3.05, 3.63) is 23.5 Å². The molecule has 3 heterocycles. The van der Waals surface area contributed by atoms with Crippen LogP contribution in [0.2, 0.25) is 0 Å². The number of amides is 2. The topological polar surface area (TPSA) is 84.4 Å². The lowest BCUT2D eigenvalue weighted by atomic mass is 10.1. The number of hydrogen-bond acceptors (Lipinski definition) is 7. The molecule has 0 radical (unpaired) electrons. The van der Waals surface area contributed by atoms with Gasteiger partial charge in [0.25, 0.3) is 0 Å². The van der Waals surface area contributed by atoms with E-state index in [1.165, 1.54) is 12.8 Å². The molecule has 4 bridgehead atoms. The fourth-order valence-corrected chi connectivity index (χ4v) is 5.36. The summed E-state index contributed by atoms with van der Waals surface area (Å²) in [6.45, 7) is 10.7. The Morgan fingerprint density at radius 3 is 1.48 bits per heavy atom. The number of rotatable bonds is 3. The normalized spacial score (nSPS) is 20.6. The van der Waals surface area contributed by atoms with Crippen molar-refractivity contribution < 1.29 is 23.8 Å². The Morgan fingerprint density at radius 1 is 0.650 bits per heavy atom. The maximum atomic E-state index is 13.4. The van der Waals surface area contributed by atoms with Gasteiger partial charge in [-0.25, -0.2) is 0 Å². The summed E-state index contributed by atoms with van der Waals surface area (Å²) >= 11 is 0. The molecule has 0 atom stereocenters. The number of nitrogens with zero attached hydrogens (tertiary/aromatic N) is 4. The monoisotopic (exact) mass is 560 g/mol. The van der Waals surface area contributed by atoms with Crippen molar-refractivity contribution >= 4 is 17.5 Å². The molecular formula is C31H52N4O5. The summed E-state index contributed by atoms with van der Waals surface area (Å²) in [5, 5.41) is 0. The molecule has 0 unspecified atom stereocenters. The largest absolute Gasteiger partial charge is 0.377 e. The van der Waals surface area contributed by atoms with Crippen LogP contribution in [0.3, 0.4) is 0 Å². The number of hydrogen-bond donors (Lipinski definition) is 0. The Kier molecular flexibility index (Phi) is 15.3. The van der Waals surface area contributed by atoms with Gasteiger partial charge in [-0.05, 0) is 38.8 Å². The van der Waals surface area contributed by atoms with Gasteiger partial charge in [0.2, 0.25) is 11.8 Å². The van der Waals surface area contributed by atoms with Gasteiger partial charge < -0.3 is 28.9 Å². The Morgan fingerprint density at radius 2 is 1.05 bits per heavy atom. The van der Waals surface area contributed by atoms with Gasteiger partial charge in [-0.15, -0.1) is 0 Å². The number of fused-ring (bicyclic) bond motifs is 2. The second-order valence-corrected chi connectivity index (χ2v) is 10.8. The molecule has 9 heteroatoms. The summed E-state index contributed by atoms with van der Waals surface area (Å²) in [6, 6.07) is 4.20. The minimum absolute atomic E-state index is 0.151. The molecule has 0 aromatic carbocycles. The first kappa shape index (κ1) is 32.3. The van der Waals surface area contributed by atoms with Crippen LogP contribution in [0, 0.1) is 0 Å². The van der Waals surface area contributed by atoms with Crippen molar-refractivity contribution in [3.63, 3.8) is 0 Å². The number of pyridine rings is 1. The van der Waals surface area contributed by atoms with Gasteiger partial charge in [0.05, 0.1) is 64.1 Å². The lowest BCUT2D eigenvalue weighted by Gasteiger charge is -2.27. The van der Waals surface area contributed by atoms with Crippen LogP contribution in [0.4, 0.5) is 5.69 Å². The average molecular weight is 561 g/mol. The SMILES string of the molecule is CCN(CC)c1cc2nc(c1)CN1CCOCCOCCOCCN(C2)C(=O)CCCCCCCCCCC1=O. The number of carbonyl (C=O) groups excluding carboxylic acids is 2. The summed E-state index contributed by atoms with van der Waals surface area (Å²) < 4.78 is 17.2. The van der Waals surface area contributed by atoms with Crippen LogP contribution < -0.4 is 4.90 Å². The minimum atomic E-state index is 0.151. The second kappa shape index (κ2) is 19.0. The molecule has 2 amide bonds. The van der Waals surface area contributed by atoms with E-state index in [9.17, 15) is 9.59 Å². The summed E-state index contributed by atoms with van der Waals surface area (Å²) in [4.78, 5) is 37.8. The van der Waals surface area contributed by atoms with Gasteiger partial charge >= 0.3 is 0 Å². The van der Waals surface area contributed by atoms with Gasteiger partial charge in [-0.2, -0.15) is 0 Å². The molecule has 226 valence electrons. The highest BCUT2D eigenvalue weighted by atomic mass is 16.5. The van der Waals surface area contributed by atoms with E-state index < -0.39 is 0 Å². The molecule has 0 aliphatic carbocycles. The Bertz CT molecular complexity index is 819. The average Bonchev–Trinajstić information content (AvgIpc) is 2.95. The molecule has 2 aliphatic heterocycles. The summed E-state index contributed by atoms with van der Waals surface area (Å²) in [6.07, 6.45) is 9.75. The first-order valence-corrected chi connectivity index (χ1v) is 15.6. The van der Waals surface area contributed by atoms with E-state index in [2.05, 4.69) is 30.9 Å². The van der Waals surface area contributed by atoms with Crippen molar-refractivity contribution in [3.8, 4) is 0 Å². The molecule has 1 aromatic rings. The first-order chi connectivity index (χ1) is 19.6. The van der Waals surface area contributed by atoms with Crippen LogP contribution in [0.25, 0.3) is 0 Å². The molecule has 1 aromatic heterocycles. The van der Waals surface area contributed by atoms with E-state index in [4.69, 9.17) is 19.2 Å². The predicted octanol–water partition coefficient (Wildman–Crippen LogP) is 4.56. The second-order valence-electron chi connectivity index (χ2n) is 10.8.